The number of aromatic amines is 1. The van der Waals surface area contributed by atoms with Crippen LogP contribution in [0.25, 0.3) is 0 Å². The summed E-state index contributed by atoms with van der Waals surface area (Å²) < 4.78 is 0.994. The van der Waals surface area contributed by atoms with Gasteiger partial charge in [0.25, 0.3) is 0 Å². The molecule has 0 aliphatic rings. The number of aromatic nitrogens is 4. The second kappa shape index (κ2) is 8.03. The van der Waals surface area contributed by atoms with Gasteiger partial charge in [0.1, 0.15) is 0 Å². The van der Waals surface area contributed by atoms with E-state index < -0.39 is 11.9 Å². The number of H-pyrrole nitrogens is 1. The maximum Gasteiger partial charge on any atom is 0.307 e. The maximum atomic E-state index is 11.7. The molecule has 0 fully saturated rings. The van der Waals surface area contributed by atoms with E-state index in [0.717, 1.165) is 22.9 Å². The molecule has 2 aromatic rings. The van der Waals surface area contributed by atoms with Crippen molar-refractivity contribution in [3.8, 4) is 0 Å². The van der Waals surface area contributed by atoms with Gasteiger partial charge in [-0.1, -0.05) is 53.0 Å². The van der Waals surface area contributed by atoms with Gasteiger partial charge < -0.3 is 5.11 Å². The first-order chi connectivity index (χ1) is 10.6. The number of rotatable bonds is 8. The molecule has 0 spiro atoms. The smallest absolute Gasteiger partial charge is 0.307 e. The molecule has 0 radical (unpaired) electrons. The van der Waals surface area contributed by atoms with Gasteiger partial charge in [-0.3, -0.25) is 4.79 Å². The molecule has 2 N–H and O–H groups in total. The molecule has 0 aliphatic heterocycles. The van der Waals surface area contributed by atoms with E-state index in [1.807, 2.05) is 24.3 Å². The summed E-state index contributed by atoms with van der Waals surface area (Å²) >= 11 is 3.40. The summed E-state index contributed by atoms with van der Waals surface area (Å²) in [6, 6.07) is 7.86. The number of nitrogens with zero attached hydrogens (tertiary/aromatic N) is 3. The monoisotopic (exact) mass is 366 g/mol. The number of unbranched alkanes of at least 4 members (excludes halogenated alkanes) is 1. The van der Waals surface area contributed by atoms with E-state index in [1.165, 1.54) is 0 Å². The zero-order valence-electron chi connectivity index (χ0n) is 12.4. The minimum absolute atomic E-state index is 0.288. The molecule has 0 amide bonds. The van der Waals surface area contributed by atoms with E-state index in [1.54, 1.807) is 0 Å². The number of carboxylic acid groups (broad SMARTS) is 1. The zero-order valence-corrected chi connectivity index (χ0v) is 14.0. The molecule has 6 nitrogen and oxygen atoms in total. The van der Waals surface area contributed by atoms with E-state index >= 15 is 0 Å². The lowest BCUT2D eigenvalue weighted by atomic mass is 9.83. The molecule has 2 atom stereocenters. The summed E-state index contributed by atoms with van der Waals surface area (Å²) in [4.78, 5) is 11.7. The predicted molar refractivity (Wildman–Crippen MR) is 85.4 cm³/mol. The van der Waals surface area contributed by atoms with Gasteiger partial charge in [0.05, 0.1) is 5.92 Å². The van der Waals surface area contributed by atoms with Crippen molar-refractivity contribution < 1.29 is 9.90 Å². The number of carboxylic acids is 1. The Morgan fingerprint density at radius 2 is 2.09 bits per heavy atom. The van der Waals surface area contributed by atoms with Crippen LogP contribution in [0.4, 0.5) is 0 Å². The molecule has 22 heavy (non-hydrogen) atoms. The number of hydrogen-bond donors (Lipinski definition) is 2. The van der Waals surface area contributed by atoms with Crippen LogP contribution < -0.4 is 0 Å². The van der Waals surface area contributed by atoms with Crippen LogP contribution in [0.15, 0.2) is 28.7 Å². The van der Waals surface area contributed by atoms with Crippen molar-refractivity contribution in [1.29, 1.82) is 0 Å². The normalized spacial score (nSPS) is 13.7. The largest absolute Gasteiger partial charge is 0.481 e. The van der Waals surface area contributed by atoms with Crippen molar-refractivity contribution in [2.75, 3.05) is 0 Å². The molecular weight excluding hydrogens is 348 g/mol. The van der Waals surface area contributed by atoms with Crippen LogP contribution in [-0.2, 0) is 11.2 Å². The molecule has 1 aromatic heterocycles. The average molecular weight is 367 g/mol. The van der Waals surface area contributed by atoms with Gasteiger partial charge >= 0.3 is 5.97 Å². The van der Waals surface area contributed by atoms with Crippen LogP contribution >= 0.6 is 15.9 Å². The number of aliphatic carboxylic acids is 1. The third-order valence-electron chi connectivity index (χ3n) is 3.73. The van der Waals surface area contributed by atoms with Crippen molar-refractivity contribution in [3.63, 3.8) is 0 Å². The van der Waals surface area contributed by atoms with Gasteiger partial charge in [-0.05, 0) is 30.5 Å². The number of benzene rings is 1. The third kappa shape index (κ3) is 4.37. The van der Waals surface area contributed by atoms with Crippen LogP contribution in [0, 0.1) is 5.92 Å². The van der Waals surface area contributed by atoms with Crippen molar-refractivity contribution in [1.82, 2.24) is 20.6 Å². The molecule has 0 saturated carbocycles. The highest BCUT2D eigenvalue weighted by Gasteiger charge is 2.32. The van der Waals surface area contributed by atoms with Crippen molar-refractivity contribution >= 4 is 21.9 Å². The first kappa shape index (κ1) is 16.6. The molecule has 1 aromatic carbocycles. The van der Waals surface area contributed by atoms with Crippen molar-refractivity contribution in [2.24, 2.45) is 5.92 Å². The molecule has 0 bridgehead atoms. The number of carbonyl (C=O) groups is 1. The number of hydrogen-bond acceptors (Lipinski definition) is 4. The molecule has 1 heterocycles. The quantitative estimate of drug-likeness (QED) is 0.748. The number of halogens is 1. The maximum absolute atomic E-state index is 11.7. The van der Waals surface area contributed by atoms with E-state index in [9.17, 15) is 9.90 Å². The summed E-state index contributed by atoms with van der Waals surface area (Å²) in [5, 5.41) is 23.6. The number of nitrogens with one attached hydrogen (secondary N) is 1. The predicted octanol–water partition coefficient (Wildman–Crippen LogP) is 3.18. The minimum atomic E-state index is -0.805. The van der Waals surface area contributed by atoms with E-state index in [2.05, 4.69) is 43.5 Å². The topological polar surface area (TPSA) is 91.8 Å². The second-order valence-corrected chi connectivity index (χ2v) is 6.21. The zero-order chi connectivity index (χ0) is 15.9. The highest BCUT2D eigenvalue weighted by Crippen LogP contribution is 2.30. The highest BCUT2D eigenvalue weighted by molar-refractivity contribution is 9.10. The SMILES string of the molecule is CCCC[C@@H](C(=O)O)[C@@H](Cc1ccc(Br)cc1)c1nn[nH]n1. The van der Waals surface area contributed by atoms with Gasteiger partial charge in [0.15, 0.2) is 5.82 Å². The lowest BCUT2D eigenvalue weighted by Crippen LogP contribution is -2.25. The molecule has 0 aliphatic carbocycles. The Kier molecular flexibility index (Phi) is 6.06. The van der Waals surface area contributed by atoms with Gasteiger partial charge in [0.2, 0.25) is 0 Å². The lowest BCUT2D eigenvalue weighted by Gasteiger charge is -2.21. The molecular formula is C15H19BrN4O2. The van der Waals surface area contributed by atoms with Crippen LogP contribution in [0.2, 0.25) is 0 Å². The Morgan fingerprint density at radius 1 is 1.36 bits per heavy atom. The highest BCUT2D eigenvalue weighted by atomic mass is 79.9. The molecule has 118 valence electrons. The third-order valence-corrected chi connectivity index (χ3v) is 4.26. The molecule has 0 saturated heterocycles. The van der Waals surface area contributed by atoms with Crippen LogP contribution in [0.3, 0.4) is 0 Å². The summed E-state index contributed by atoms with van der Waals surface area (Å²) in [7, 11) is 0. The fraction of sp³-hybridized carbons (Fsp3) is 0.467. The van der Waals surface area contributed by atoms with E-state index in [-0.39, 0.29) is 5.92 Å². The van der Waals surface area contributed by atoms with Crippen molar-refractivity contribution in [2.45, 2.75) is 38.5 Å². The second-order valence-electron chi connectivity index (χ2n) is 5.29. The first-order valence-electron chi connectivity index (χ1n) is 7.32. The van der Waals surface area contributed by atoms with Gasteiger partial charge in [-0.2, -0.15) is 5.21 Å². The van der Waals surface area contributed by atoms with E-state index in [4.69, 9.17) is 0 Å². The van der Waals surface area contributed by atoms with Crippen LogP contribution in [0.5, 0.6) is 0 Å². The fourth-order valence-corrected chi connectivity index (χ4v) is 2.80. The Balaban J connectivity index is 2.25. The summed E-state index contributed by atoms with van der Waals surface area (Å²) in [5.74, 6) is -1.14. The Bertz CT molecular complexity index is 586. The summed E-state index contributed by atoms with van der Waals surface area (Å²) in [6.07, 6.45) is 3.02. The lowest BCUT2D eigenvalue weighted by molar-refractivity contribution is -0.143. The average Bonchev–Trinajstić information content (AvgIpc) is 3.02. The number of tetrazole rings is 1. The van der Waals surface area contributed by atoms with Crippen LogP contribution in [0.1, 0.15) is 43.5 Å². The minimum Gasteiger partial charge on any atom is -0.481 e. The summed E-state index contributed by atoms with van der Waals surface area (Å²) in [6.45, 7) is 2.05. The van der Waals surface area contributed by atoms with Gasteiger partial charge in [-0.25, -0.2) is 0 Å². The Morgan fingerprint density at radius 3 is 2.64 bits per heavy atom. The fourth-order valence-electron chi connectivity index (χ4n) is 2.54. The molecule has 2 rings (SSSR count). The van der Waals surface area contributed by atoms with Crippen molar-refractivity contribution in [3.05, 3.63) is 40.1 Å². The summed E-state index contributed by atoms with van der Waals surface area (Å²) in [5.41, 5.74) is 1.06. The Hall–Kier alpha value is -1.76. The van der Waals surface area contributed by atoms with E-state index in [0.29, 0.717) is 18.7 Å². The van der Waals surface area contributed by atoms with Crippen LogP contribution in [-0.4, -0.2) is 31.7 Å². The van der Waals surface area contributed by atoms with Gasteiger partial charge in [0, 0.05) is 10.4 Å². The first-order valence-corrected chi connectivity index (χ1v) is 8.11. The molecule has 7 heteroatoms. The molecule has 0 unspecified atom stereocenters. The Labute approximate surface area is 137 Å². The standard InChI is InChI=1S/C15H19BrN4O2/c1-2-3-4-12(15(21)22)13(14-17-19-20-18-14)9-10-5-7-11(16)8-6-10/h5-8,12-13H,2-4,9H2,1H3,(H,21,22)(H,17,18,19,20)/t12-,13-/m1/s1. The van der Waals surface area contributed by atoms with Gasteiger partial charge in [-0.15, -0.1) is 10.2 Å².